The van der Waals surface area contributed by atoms with Crippen LogP contribution < -0.4 is 27.2 Å². The van der Waals surface area contributed by atoms with Crippen molar-refractivity contribution in [3.8, 4) is 11.5 Å². The van der Waals surface area contributed by atoms with Crippen molar-refractivity contribution in [2.24, 2.45) is 0 Å². The van der Waals surface area contributed by atoms with E-state index < -0.39 is 0 Å². The van der Waals surface area contributed by atoms with Crippen LogP contribution in [0, 0.1) is 0 Å². The summed E-state index contributed by atoms with van der Waals surface area (Å²) in [6, 6.07) is 18.0. The van der Waals surface area contributed by atoms with Gasteiger partial charge >= 0.3 is 0 Å². The Bertz CT molecular complexity index is 562. The maximum absolute atomic E-state index is 5.77. The predicted molar refractivity (Wildman–Crippen MR) is 98.8 cm³/mol. The summed E-state index contributed by atoms with van der Waals surface area (Å²) in [5, 5.41) is 3.40. The SMILES string of the molecule is CN(C)CCNCCCOc1ccc(OCc2ccccc2)cc1.[Cl-]. The molecule has 0 bridgehead atoms. The smallest absolute Gasteiger partial charge is 0.120 e. The highest BCUT2D eigenvalue weighted by Crippen LogP contribution is 2.18. The highest BCUT2D eigenvalue weighted by molar-refractivity contribution is 5.31. The van der Waals surface area contributed by atoms with Gasteiger partial charge in [0.05, 0.1) is 6.61 Å². The summed E-state index contributed by atoms with van der Waals surface area (Å²) in [5.41, 5.74) is 1.17. The van der Waals surface area contributed by atoms with Gasteiger partial charge in [-0.1, -0.05) is 30.3 Å². The van der Waals surface area contributed by atoms with E-state index in [-0.39, 0.29) is 12.4 Å². The molecule has 0 saturated heterocycles. The third kappa shape index (κ3) is 9.34. The number of halogens is 1. The molecule has 0 aliphatic rings. The van der Waals surface area contributed by atoms with Crippen molar-refractivity contribution in [3.63, 3.8) is 0 Å². The first-order chi connectivity index (χ1) is 11.7. The van der Waals surface area contributed by atoms with Crippen LogP contribution in [0.4, 0.5) is 0 Å². The van der Waals surface area contributed by atoms with Crippen molar-refractivity contribution in [1.82, 2.24) is 10.2 Å². The zero-order valence-corrected chi connectivity index (χ0v) is 15.8. The Kier molecular flexibility index (Phi) is 10.7. The average molecular weight is 364 g/mol. The summed E-state index contributed by atoms with van der Waals surface area (Å²) in [4.78, 5) is 2.17. The van der Waals surface area contributed by atoms with Crippen LogP contribution in [0.25, 0.3) is 0 Å². The molecule has 0 spiro atoms. The summed E-state index contributed by atoms with van der Waals surface area (Å²) in [6.07, 6.45) is 1.000. The highest BCUT2D eigenvalue weighted by Gasteiger charge is 1.98. The van der Waals surface area contributed by atoms with E-state index in [2.05, 4.69) is 36.4 Å². The Hall–Kier alpha value is -1.75. The van der Waals surface area contributed by atoms with Gasteiger partial charge in [0.2, 0.25) is 0 Å². The zero-order chi connectivity index (χ0) is 17.0. The highest BCUT2D eigenvalue weighted by atomic mass is 35.5. The van der Waals surface area contributed by atoms with Crippen molar-refractivity contribution in [2.75, 3.05) is 40.3 Å². The molecule has 0 radical (unpaired) electrons. The van der Waals surface area contributed by atoms with Crippen LogP contribution in [0.3, 0.4) is 0 Å². The number of nitrogens with zero attached hydrogens (tertiary/aromatic N) is 1. The monoisotopic (exact) mass is 363 g/mol. The fourth-order valence-electron chi connectivity index (χ4n) is 2.19. The standard InChI is InChI=1S/C20H28N2O2.ClH/c1-22(2)15-14-21-13-6-16-23-19-9-11-20(12-10-19)24-17-18-7-4-3-5-8-18;/h3-5,7-12,21H,6,13-17H2,1-2H3;1H/p-1. The van der Waals surface area contributed by atoms with Crippen LogP contribution in [0.2, 0.25) is 0 Å². The summed E-state index contributed by atoms with van der Waals surface area (Å²) in [6.45, 7) is 4.36. The summed E-state index contributed by atoms with van der Waals surface area (Å²) >= 11 is 0. The Morgan fingerprint density at radius 2 is 1.48 bits per heavy atom. The maximum Gasteiger partial charge on any atom is 0.120 e. The van der Waals surface area contributed by atoms with E-state index in [1.54, 1.807) is 0 Å². The summed E-state index contributed by atoms with van der Waals surface area (Å²) in [7, 11) is 4.16. The molecule has 1 N–H and O–H groups in total. The van der Waals surface area contributed by atoms with Crippen molar-refractivity contribution in [2.45, 2.75) is 13.0 Å². The molecule has 25 heavy (non-hydrogen) atoms. The van der Waals surface area contributed by atoms with E-state index in [1.165, 1.54) is 5.56 Å². The van der Waals surface area contributed by atoms with Gasteiger partial charge in [-0.15, -0.1) is 0 Å². The first-order valence-corrected chi connectivity index (χ1v) is 8.49. The van der Waals surface area contributed by atoms with Crippen molar-refractivity contribution in [3.05, 3.63) is 60.2 Å². The molecule has 4 nitrogen and oxygen atoms in total. The third-order valence-corrected chi connectivity index (χ3v) is 3.57. The van der Waals surface area contributed by atoms with Gasteiger partial charge < -0.3 is 32.1 Å². The Morgan fingerprint density at radius 3 is 2.12 bits per heavy atom. The lowest BCUT2D eigenvalue weighted by molar-refractivity contribution is -0.00000593. The molecule has 0 aromatic heterocycles. The van der Waals surface area contributed by atoms with Crippen LogP contribution in [-0.2, 0) is 6.61 Å². The van der Waals surface area contributed by atoms with E-state index >= 15 is 0 Å². The van der Waals surface area contributed by atoms with Gasteiger partial charge in [-0.3, -0.25) is 0 Å². The number of nitrogens with one attached hydrogen (secondary N) is 1. The largest absolute Gasteiger partial charge is 1.00 e. The first-order valence-electron chi connectivity index (χ1n) is 8.49. The molecule has 0 unspecified atom stereocenters. The Labute approximate surface area is 157 Å². The van der Waals surface area contributed by atoms with E-state index in [1.807, 2.05) is 42.5 Å². The lowest BCUT2D eigenvalue weighted by Gasteiger charge is -2.11. The number of hydrogen-bond acceptors (Lipinski definition) is 4. The quantitative estimate of drug-likeness (QED) is 0.578. The average Bonchev–Trinajstić information content (AvgIpc) is 2.61. The van der Waals surface area contributed by atoms with Crippen molar-refractivity contribution >= 4 is 0 Å². The van der Waals surface area contributed by atoms with Gasteiger partial charge in [0, 0.05) is 13.1 Å². The summed E-state index contributed by atoms with van der Waals surface area (Å²) in [5.74, 6) is 1.74. The van der Waals surface area contributed by atoms with Crippen molar-refractivity contribution in [1.29, 1.82) is 0 Å². The normalized spacial score (nSPS) is 10.4. The van der Waals surface area contributed by atoms with E-state index in [0.717, 1.165) is 44.2 Å². The molecule has 0 atom stereocenters. The van der Waals surface area contributed by atoms with Gasteiger partial charge in [-0.2, -0.15) is 0 Å². The fourth-order valence-corrected chi connectivity index (χ4v) is 2.19. The minimum Gasteiger partial charge on any atom is -1.00 e. The topological polar surface area (TPSA) is 33.7 Å². The first kappa shape index (κ1) is 21.3. The van der Waals surface area contributed by atoms with Crippen LogP contribution in [0.5, 0.6) is 11.5 Å². The molecule has 2 aromatic rings. The second-order valence-corrected chi connectivity index (χ2v) is 6.00. The number of ether oxygens (including phenoxy) is 2. The van der Waals surface area contributed by atoms with E-state index in [0.29, 0.717) is 6.61 Å². The van der Waals surface area contributed by atoms with Gasteiger partial charge in [0.15, 0.2) is 0 Å². The van der Waals surface area contributed by atoms with Crippen molar-refractivity contribution < 1.29 is 21.9 Å². The third-order valence-electron chi connectivity index (χ3n) is 3.57. The molecule has 2 aromatic carbocycles. The molecule has 0 aliphatic carbocycles. The van der Waals surface area contributed by atoms with E-state index in [4.69, 9.17) is 9.47 Å². The van der Waals surface area contributed by atoms with Crippen LogP contribution in [0.1, 0.15) is 12.0 Å². The molecule has 138 valence electrons. The zero-order valence-electron chi connectivity index (χ0n) is 15.1. The molecular formula is C20H28ClN2O2-. The predicted octanol–water partition coefficient (Wildman–Crippen LogP) is 0.190. The van der Waals surface area contributed by atoms with Crippen LogP contribution >= 0.6 is 0 Å². The lowest BCUT2D eigenvalue weighted by Crippen LogP contribution is -3.00. The molecule has 0 fully saturated rings. The Balaban J connectivity index is 0.00000312. The molecule has 0 aliphatic heterocycles. The minimum absolute atomic E-state index is 0. The van der Waals surface area contributed by atoms with Crippen LogP contribution in [0.15, 0.2) is 54.6 Å². The molecule has 5 heteroatoms. The van der Waals surface area contributed by atoms with Gasteiger partial charge in [-0.05, 0) is 56.9 Å². The van der Waals surface area contributed by atoms with Gasteiger partial charge in [-0.25, -0.2) is 0 Å². The van der Waals surface area contributed by atoms with Gasteiger partial charge in [0.1, 0.15) is 18.1 Å². The Morgan fingerprint density at radius 1 is 0.840 bits per heavy atom. The fraction of sp³-hybridized carbons (Fsp3) is 0.400. The minimum atomic E-state index is 0. The number of benzene rings is 2. The van der Waals surface area contributed by atoms with Crippen LogP contribution in [-0.4, -0.2) is 45.2 Å². The van der Waals surface area contributed by atoms with E-state index in [9.17, 15) is 0 Å². The molecule has 0 saturated carbocycles. The maximum atomic E-state index is 5.77. The van der Waals surface area contributed by atoms with Gasteiger partial charge in [0.25, 0.3) is 0 Å². The second kappa shape index (κ2) is 12.6. The molecule has 2 rings (SSSR count). The molecule has 0 amide bonds. The number of rotatable bonds is 11. The number of hydrogen-bond donors (Lipinski definition) is 1. The second-order valence-electron chi connectivity index (χ2n) is 6.00. The summed E-state index contributed by atoms with van der Waals surface area (Å²) < 4.78 is 11.5. The lowest BCUT2D eigenvalue weighted by atomic mass is 10.2. The number of likely N-dealkylation sites (N-methyl/N-ethyl adjacent to an activating group) is 1. The molecular weight excluding hydrogens is 336 g/mol. The molecule has 0 heterocycles.